The first kappa shape index (κ1) is 9.52. The number of benzene rings is 1. The summed E-state index contributed by atoms with van der Waals surface area (Å²) in [5, 5.41) is 0. The zero-order valence-corrected chi connectivity index (χ0v) is 8.34. The quantitative estimate of drug-likeness (QED) is 0.695. The van der Waals surface area contributed by atoms with Gasteiger partial charge in [-0.1, -0.05) is 30.3 Å². The molecule has 0 N–H and O–H groups in total. The number of aromatic nitrogens is 2. The van der Waals surface area contributed by atoms with Gasteiger partial charge in [-0.3, -0.25) is 4.79 Å². The number of hydrogen-bond donors (Lipinski definition) is 0. The smallest absolute Gasteiger partial charge is 0.196 e. The maximum absolute atomic E-state index is 11.0. The third kappa shape index (κ3) is 2.07. The SMILES string of the molecule is CC(=O)c1ncc(-c2ccccc2)cn1. The molecule has 0 fully saturated rings. The Hall–Kier alpha value is -2.03. The molecule has 0 atom stereocenters. The molecule has 3 nitrogen and oxygen atoms in total. The van der Waals surface area contributed by atoms with E-state index < -0.39 is 0 Å². The molecule has 0 aliphatic heterocycles. The zero-order valence-electron chi connectivity index (χ0n) is 8.34. The van der Waals surface area contributed by atoms with Crippen molar-refractivity contribution in [3.05, 3.63) is 48.5 Å². The fourth-order valence-electron chi connectivity index (χ4n) is 1.29. The lowest BCUT2D eigenvalue weighted by atomic mass is 10.1. The minimum atomic E-state index is -0.116. The molecule has 0 saturated heterocycles. The average Bonchev–Trinajstić information content (AvgIpc) is 2.30. The maximum Gasteiger partial charge on any atom is 0.196 e. The molecule has 0 aliphatic rings. The molecule has 0 spiro atoms. The van der Waals surface area contributed by atoms with E-state index >= 15 is 0 Å². The molecule has 0 unspecified atom stereocenters. The fourth-order valence-corrected chi connectivity index (χ4v) is 1.29. The van der Waals surface area contributed by atoms with Crippen molar-refractivity contribution in [1.29, 1.82) is 0 Å². The summed E-state index contributed by atoms with van der Waals surface area (Å²) in [7, 11) is 0. The van der Waals surface area contributed by atoms with Crippen LogP contribution in [0.1, 0.15) is 17.5 Å². The van der Waals surface area contributed by atoms with Crippen LogP contribution in [0.3, 0.4) is 0 Å². The molecular formula is C12H10N2O. The van der Waals surface area contributed by atoms with Crippen LogP contribution in [0.4, 0.5) is 0 Å². The Labute approximate surface area is 87.8 Å². The first-order valence-electron chi connectivity index (χ1n) is 4.66. The van der Waals surface area contributed by atoms with Crippen molar-refractivity contribution in [3.8, 4) is 11.1 Å². The van der Waals surface area contributed by atoms with E-state index in [0.29, 0.717) is 0 Å². The van der Waals surface area contributed by atoms with Gasteiger partial charge in [0.2, 0.25) is 0 Å². The molecule has 0 radical (unpaired) electrons. The number of carbonyl (C=O) groups is 1. The fraction of sp³-hybridized carbons (Fsp3) is 0.0833. The van der Waals surface area contributed by atoms with Gasteiger partial charge in [0.05, 0.1) is 0 Å². The Bertz CT molecular complexity index is 463. The maximum atomic E-state index is 11.0. The van der Waals surface area contributed by atoms with Crippen molar-refractivity contribution < 1.29 is 4.79 Å². The van der Waals surface area contributed by atoms with Gasteiger partial charge < -0.3 is 0 Å². The Morgan fingerprint density at radius 1 is 1.00 bits per heavy atom. The van der Waals surface area contributed by atoms with E-state index in [4.69, 9.17) is 0 Å². The topological polar surface area (TPSA) is 42.9 Å². The monoisotopic (exact) mass is 198 g/mol. The first-order valence-corrected chi connectivity index (χ1v) is 4.66. The molecule has 2 rings (SSSR count). The highest BCUT2D eigenvalue weighted by Crippen LogP contribution is 2.16. The van der Waals surface area contributed by atoms with Crippen molar-refractivity contribution >= 4 is 5.78 Å². The van der Waals surface area contributed by atoms with Gasteiger partial charge in [0, 0.05) is 24.9 Å². The molecule has 0 amide bonds. The molecule has 0 bridgehead atoms. The summed E-state index contributed by atoms with van der Waals surface area (Å²) in [5.41, 5.74) is 1.97. The van der Waals surface area contributed by atoms with E-state index in [1.165, 1.54) is 6.92 Å². The van der Waals surface area contributed by atoms with Crippen LogP contribution in [0.15, 0.2) is 42.7 Å². The predicted octanol–water partition coefficient (Wildman–Crippen LogP) is 2.35. The summed E-state index contributed by atoms with van der Waals surface area (Å²) < 4.78 is 0. The Kier molecular flexibility index (Phi) is 2.54. The highest BCUT2D eigenvalue weighted by atomic mass is 16.1. The molecule has 1 heterocycles. The minimum absolute atomic E-state index is 0.116. The van der Waals surface area contributed by atoms with Crippen LogP contribution in [0.5, 0.6) is 0 Å². The summed E-state index contributed by atoms with van der Waals surface area (Å²) in [6.45, 7) is 1.46. The minimum Gasteiger partial charge on any atom is -0.291 e. The molecule has 2 aromatic rings. The summed E-state index contributed by atoms with van der Waals surface area (Å²) >= 11 is 0. The van der Waals surface area contributed by atoms with Crippen LogP contribution in [0.25, 0.3) is 11.1 Å². The van der Waals surface area contributed by atoms with Crippen LogP contribution < -0.4 is 0 Å². The normalized spacial score (nSPS) is 9.93. The molecule has 15 heavy (non-hydrogen) atoms. The number of rotatable bonds is 2. The van der Waals surface area contributed by atoms with Gasteiger partial charge in [-0.2, -0.15) is 0 Å². The zero-order chi connectivity index (χ0) is 10.7. The van der Waals surface area contributed by atoms with Gasteiger partial charge in [-0.15, -0.1) is 0 Å². The lowest BCUT2D eigenvalue weighted by Crippen LogP contribution is -1.99. The summed E-state index contributed by atoms with van der Waals surface area (Å²) in [5.74, 6) is 0.143. The van der Waals surface area contributed by atoms with Crippen LogP contribution >= 0.6 is 0 Å². The van der Waals surface area contributed by atoms with Gasteiger partial charge in [-0.25, -0.2) is 9.97 Å². The number of hydrogen-bond acceptors (Lipinski definition) is 3. The van der Waals surface area contributed by atoms with Crippen LogP contribution in [-0.4, -0.2) is 15.8 Å². The molecule has 1 aromatic heterocycles. The Morgan fingerprint density at radius 3 is 2.13 bits per heavy atom. The van der Waals surface area contributed by atoms with Crippen molar-refractivity contribution in [2.45, 2.75) is 6.92 Å². The Morgan fingerprint density at radius 2 is 1.60 bits per heavy atom. The van der Waals surface area contributed by atoms with Crippen molar-refractivity contribution in [2.75, 3.05) is 0 Å². The predicted molar refractivity (Wildman–Crippen MR) is 57.5 cm³/mol. The van der Waals surface area contributed by atoms with Gasteiger partial charge in [0.15, 0.2) is 11.6 Å². The standard InChI is InChI=1S/C12H10N2O/c1-9(15)12-13-7-11(8-14-12)10-5-3-2-4-6-10/h2-8H,1H3. The lowest BCUT2D eigenvalue weighted by molar-refractivity contribution is 0.100. The third-order valence-electron chi connectivity index (χ3n) is 2.07. The van der Waals surface area contributed by atoms with E-state index in [0.717, 1.165) is 11.1 Å². The largest absolute Gasteiger partial charge is 0.291 e. The highest BCUT2D eigenvalue weighted by Gasteiger charge is 2.03. The van der Waals surface area contributed by atoms with Crippen LogP contribution in [0.2, 0.25) is 0 Å². The molecule has 74 valence electrons. The average molecular weight is 198 g/mol. The molecule has 0 aliphatic carbocycles. The van der Waals surface area contributed by atoms with Gasteiger partial charge in [0.25, 0.3) is 0 Å². The van der Waals surface area contributed by atoms with Gasteiger partial charge in [-0.05, 0) is 5.56 Å². The van der Waals surface area contributed by atoms with Crippen molar-refractivity contribution in [1.82, 2.24) is 9.97 Å². The van der Waals surface area contributed by atoms with E-state index in [1.807, 2.05) is 30.3 Å². The van der Waals surface area contributed by atoms with Crippen LogP contribution in [0, 0.1) is 0 Å². The Balaban J connectivity index is 2.36. The molecule has 3 heteroatoms. The second-order valence-electron chi connectivity index (χ2n) is 3.22. The van der Waals surface area contributed by atoms with E-state index in [-0.39, 0.29) is 11.6 Å². The van der Waals surface area contributed by atoms with E-state index in [9.17, 15) is 4.79 Å². The molecule has 1 aromatic carbocycles. The van der Waals surface area contributed by atoms with Gasteiger partial charge >= 0.3 is 0 Å². The van der Waals surface area contributed by atoms with Crippen LogP contribution in [-0.2, 0) is 0 Å². The molecular weight excluding hydrogens is 188 g/mol. The number of carbonyl (C=O) groups excluding carboxylic acids is 1. The first-order chi connectivity index (χ1) is 7.27. The van der Waals surface area contributed by atoms with Crippen molar-refractivity contribution in [3.63, 3.8) is 0 Å². The lowest BCUT2D eigenvalue weighted by Gasteiger charge is -2.00. The second kappa shape index (κ2) is 4.00. The third-order valence-corrected chi connectivity index (χ3v) is 2.07. The number of nitrogens with zero attached hydrogens (tertiary/aromatic N) is 2. The number of ketones is 1. The van der Waals surface area contributed by atoms with E-state index in [1.54, 1.807) is 12.4 Å². The van der Waals surface area contributed by atoms with Gasteiger partial charge in [0.1, 0.15) is 0 Å². The van der Waals surface area contributed by atoms with E-state index in [2.05, 4.69) is 9.97 Å². The summed E-state index contributed by atoms with van der Waals surface area (Å²) in [4.78, 5) is 19.0. The second-order valence-corrected chi connectivity index (χ2v) is 3.22. The number of Topliss-reactive ketones (excluding diaryl/α,β-unsaturated/α-hetero) is 1. The molecule has 0 saturated carbocycles. The highest BCUT2D eigenvalue weighted by molar-refractivity contribution is 5.90. The van der Waals surface area contributed by atoms with Crippen molar-refractivity contribution in [2.24, 2.45) is 0 Å². The summed E-state index contributed by atoms with van der Waals surface area (Å²) in [6, 6.07) is 9.81. The summed E-state index contributed by atoms with van der Waals surface area (Å²) in [6.07, 6.45) is 3.33.